The lowest BCUT2D eigenvalue weighted by Gasteiger charge is -2.21. The number of rotatable bonds is 4. The molecule has 0 atom stereocenters. The van der Waals surface area contributed by atoms with Crippen LogP contribution in [-0.4, -0.2) is 51.7 Å². The van der Waals surface area contributed by atoms with E-state index < -0.39 is 23.4 Å². The number of nitrogens with zero attached hydrogens (tertiary/aromatic N) is 1. The second-order valence-corrected chi connectivity index (χ2v) is 10.6. The molecule has 226 valence electrons. The van der Waals surface area contributed by atoms with E-state index in [4.69, 9.17) is 0 Å². The number of carboxylic acid groups (broad SMARTS) is 2. The highest BCUT2D eigenvalue weighted by atomic mass is 16.4. The largest absolute Gasteiger partial charge is 0.872 e. The van der Waals surface area contributed by atoms with Crippen LogP contribution in [0.4, 0.5) is 0 Å². The predicted octanol–water partition coefficient (Wildman–Crippen LogP) is 5.12. The number of benzene rings is 4. The van der Waals surface area contributed by atoms with Crippen molar-refractivity contribution in [2.75, 3.05) is 13.6 Å². The molecular formula is C35H34N2O7. The molecule has 0 radical (unpaired) electrons. The van der Waals surface area contributed by atoms with Crippen molar-refractivity contribution in [3.05, 3.63) is 113 Å². The Morgan fingerprint density at radius 2 is 1.43 bits per heavy atom. The van der Waals surface area contributed by atoms with Crippen LogP contribution in [0, 0.1) is 13.8 Å². The number of aromatic nitrogens is 1. The van der Waals surface area contributed by atoms with Gasteiger partial charge in [0.15, 0.2) is 11.9 Å². The van der Waals surface area contributed by atoms with Crippen molar-refractivity contribution in [1.82, 2.24) is 4.90 Å². The Morgan fingerprint density at radius 3 is 1.89 bits per heavy atom. The number of carbonyl (C=O) groups excluding carboxylic acids is 1. The first-order valence-electron chi connectivity index (χ1n) is 14.1. The molecule has 1 amide bonds. The quantitative estimate of drug-likeness (QED) is 0.261. The van der Waals surface area contributed by atoms with Gasteiger partial charge in [0.2, 0.25) is 5.91 Å². The van der Waals surface area contributed by atoms with E-state index in [0.717, 1.165) is 19.4 Å². The summed E-state index contributed by atoms with van der Waals surface area (Å²) in [4.78, 5) is 38.5. The number of hydrogen-bond donors (Lipinski definition) is 3. The molecule has 1 aliphatic heterocycles. The van der Waals surface area contributed by atoms with Crippen LogP contribution in [0.1, 0.15) is 55.9 Å². The zero-order valence-electron chi connectivity index (χ0n) is 24.8. The van der Waals surface area contributed by atoms with Crippen molar-refractivity contribution in [3.63, 3.8) is 0 Å². The SMILES string of the molecule is CN1CCCC1=O.Cc1ccc[nH+]c1C.O=C(O)c1cc2ccccc2c(Cc2c(O)c(C(=O)O)cc3ccccc23)c1[O-]. The number of amides is 1. The Bertz CT molecular complexity index is 1740. The van der Waals surface area contributed by atoms with Crippen molar-refractivity contribution < 1.29 is 39.8 Å². The van der Waals surface area contributed by atoms with E-state index in [0.29, 0.717) is 27.5 Å². The number of nitrogens with one attached hydrogen (secondary N) is 1. The minimum atomic E-state index is -1.34. The molecule has 1 saturated heterocycles. The van der Waals surface area contributed by atoms with Gasteiger partial charge in [0.05, 0.1) is 5.56 Å². The first-order chi connectivity index (χ1) is 21.0. The molecule has 1 aromatic heterocycles. The van der Waals surface area contributed by atoms with Gasteiger partial charge in [-0.2, -0.15) is 0 Å². The van der Waals surface area contributed by atoms with Gasteiger partial charge in [0.25, 0.3) is 0 Å². The van der Waals surface area contributed by atoms with Gasteiger partial charge < -0.3 is 25.3 Å². The zero-order valence-corrected chi connectivity index (χ0v) is 24.8. The second-order valence-electron chi connectivity index (χ2n) is 10.6. The van der Waals surface area contributed by atoms with Crippen molar-refractivity contribution >= 4 is 39.4 Å². The number of H-pyrrole nitrogens is 1. The summed E-state index contributed by atoms with van der Waals surface area (Å²) in [7, 11) is 1.84. The van der Waals surface area contributed by atoms with E-state index in [2.05, 4.69) is 24.9 Å². The fourth-order valence-electron chi connectivity index (χ4n) is 5.06. The van der Waals surface area contributed by atoms with E-state index in [1.54, 1.807) is 53.4 Å². The Labute approximate surface area is 254 Å². The van der Waals surface area contributed by atoms with Gasteiger partial charge in [-0.1, -0.05) is 54.3 Å². The summed E-state index contributed by atoms with van der Waals surface area (Å²) in [5, 5.41) is 44.8. The Morgan fingerprint density at radius 1 is 0.864 bits per heavy atom. The van der Waals surface area contributed by atoms with Crippen LogP contribution in [-0.2, 0) is 11.2 Å². The van der Waals surface area contributed by atoms with Crippen molar-refractivity contribution in [1.29, 1.82) is 0 Å². The molecule has 2 heterocycles. The third-order valence-electron chi connectivity index (χ3n) is 7.69. The second kappa shape index (κ2) is 13.7. The zero-order chi connectivity index (χ0) is 32.0. The molecule has 4 aromatic carbocycles. The number of aromatic carboxylic acids is 2. The van der Waals surface area contributed by atoms with Crippen LogP contribution < -0.4 is 10.1 Å². The average molecular weight is 595 g/mol. The van der Waals surface area contributed by atoms with Crippen molar-refractivity contribution in [2.24, 2.45) is 0 Å². The van der Waals surface area contributed by atoms with Crippen LogP contribution in [0.25, 0.3) is 21.5 Å². The number of carbonyl (C=O) groups is 3. The van der Waals surface area contributed by atoms with E-state index in [9.17, 15) is 34.8 Å². The first-order valence-corrected chi connectivity index (χ1v) is 14.1. The fourth-order valence-corrected chi connectivity index (χ4v) is 5.06. The van der Waals surface area contributed by atoms with E-state index >= 15 is 0 Å². The minimum absolute atomic E-state index is 0.103. The lowest BCUT2D eigenvalue weighted by molar-refractivity contribution is -0.388. The van der Waals surface area contributed by atoms with Crippen LogP contribution in [0.2, 0.25) is 0 Å². The normalized spacial score (nSPS) is 12.3. The summed E-state index contributed by atoms with van der Waals surface area (Å²) in [6, 6.07) is 20.6. The molecule has 4 N–H and O–H groups in total. The highest BCUT2D eigenvalue weighted by Crippen LogP contribution is 2.37. The number of aromatic hydroxyl groups is 1. The van der Waals surface area contributed by atoms with E-state index in [-0.39, 0.29) is 28.7 Å². The molecule has 0 saturated carbocycles. The third kappa shape index (κ3) is 6.95. The first kappa shape index (κ1) is 31.5. The number of phenols is 1. The summed E-state index contributed by atoms with van der Waals surface area (Å²) in [5.41, 5.74) is 2.38. The molecule has 0 bridgehead atoms. The van der Waals surface area contributed by atoms with Crippen LogP contribution in [0.15, 0.2) is 79.0 Å². The number of aromatic amines is 1. The maximum Gasteiger partial charge on any atom is 0.339 e. The van der Waals surface area contributed by atoms with Crippen LogP contribution >= 0.6 is 0 Å². The lowest BCUT2D eigenvalue weighted by Crippen LogP contribution is -2.17. The van der Waals surface area contributed by atoms with Crippen LogP contribution in [0.5, 0.6) is 11.5 Å². The Balaban J connectivity index is 0.000000239. The fraction of sp³-hybridized carbons (Fsp3) is 0.200. The number of likely N-dealkylation sites (tertiary alicyclic amines) is 1. The van der Waals surface area contributed by atoms with Gasteiger partial charge in [0.1, 0.15) is 11.3 Å². The summed E-state index contributed by atoms with van der Waals surface area (Å²) >= 11 is 0. The molecule has 9 heteroatoms. The molecule has 5 aromatic rings. The molecule has 1 fully saturated rings. The minimum Gasteiger partial charge on any atom is -0.872 e. The number of hydrogen-bond acceptors (Lipinski definition) is 5. The van der Waals surface area contributed by atoms with Gasteiger partial charge in [-0.05, 0) is 58.7 Å². The number of pyridine rings is 1. The molecular weight excluding hydrogens is 560 g/mol. The lowest BCUT2D eigenvalue weighted by atomic mass is 9.90. The highest BCUT2D eigenvalue weighted by Gasteiger charge is 2.20. The molecule has 9 nitrogen and oxygen atoms in total. The molecule has 0 spiro atoms. The smallest absolute Gasteiger partial charge is 0.339 e. The van der Waals surface area contributed by atoms with Gasteiger partial charge in [-0.25, -0.2) is 14.6 Å². The number of aryl methyl sites for hydroxylation is 2. The van der Waals surface area contributed by atoms with Crippen molar-refractivity contribution in [3.8, 4) is 11.5 Å². The molecule has 44 heavy (non-hydrogen) atoms. The monoisotopic (exact) mass is 594 g/mol. The summed E-state index contributed by atoms with van der Waals surface area (Å²) < 4.78 is 0. The van der Waals surface area contributed by atoms with Gasteiger partial charge in [0, 0.05) is 50.6 Å². The Kier molecular flexibility index (Phi) is 9.80. The highest BCUT2D eigenvalue weighted by molar-refractivity contribution is 6.02. The maximum absolute atomic E-state index is 12.9. The molecule has 1 aliphatic rings. The third-order valence-corrected chi connectivity index (χ3v) is 7.69. The molecule has 0 aliphatic carbocycles. The summed E-state index contributed by atoms with van der Waals surface area (Å²) in [6.07, 6.45) is 3.64. The molecule has 0 unspecified atom stereocenters. The van der Waals surface area contributed by atoms with E-state index in [1.807, 2.05) is 19.3 Å². The van der Waals surface area contributed by atoms with Gasteiger partial charge in [-0.15, -0.1) is 0 Å². The standard InChI is InChI=1S/C23H16O6.C7H9N.C5H9NO/c24-20-16(14-7-3-1-5-12(14)9-18(20)22(26)27)11-17-15-8-4-2-6-13(15)10-19(21(17)25)23(28)29;1-6-4-3-5-8-7(6)2;1-6-4-2-3-5(6)7/h1-10,24-25H,11H2,(H,26,27)(H,28,29);3-5H,1-2H3;2-4H2,1H3. The maximum atomic E-state index is 12.9. The van der Waals surface area contributed by atoms with Crippen LogP contribution in [0.3, 0.4) is 0 Å². The van der Waals surface area contributed by atoms with Crippen molar-refractivity contribution in [2.45, 2.75) is 33.1 Å². The number of fused-ring (bicyclic) bond motifs is 2. The van der Waals surface area contributed by atoms with E-state index in [1.165, 1.54) is 23.4 Å². The summed E-state index contributed by atoms with van der Waals surface area (Å²) in [5.74, 6) is -3.42. The molecule has 6 rings (SSSR count). The Hall–Kier alpha value is -5.44. The summed E-state index contributed by atoms with van der Waals surface area (Å²) in [6.45, 7) is 5.11. The topological polar surface area (TPSA) is 152 Å². The van der Waals surface area contributed by atoms with Gasteiger partial charge >= 0.3 is 11.9 Å². The predicted molar refractivity (Wildman–Crippen MR) is 165 cm³/mol. The van der Waals surface area contributed by atoms with Gasteiger partial charge in [-0.3, -0.25) is 4.79 Å². The average Bonchev–Trinajstić information content (AvgIpc) is 3.38. The number of carboxylic acids is 2.